The fourth-order valence-corrected chi connectivity index (χ4v) is 3.11. The largest absolute Gasteiger partial charge is 0.496 e. The predicted molar refractivity (Wildman–Crippen MR) is 80.4 cm³/mol. The molecule has 1 saturated carbocycles. The minimum atomic E-state index is -0.516. The summed E-state index contributed by atoms with van der Waals surface area (Å²) >= 11 is 3.47. The number of methoxy groups -OCH3 is 1. The summed E-state index contributed by atoms with van der Waals surface area (Å²) in [6, 6.07) is 5.98. The van der Waals surface area contributed by atoms with E-state index >= 15 is 0 Å². The SMILES string of the molecule is COc1ccc(Br)cc1CNCC1(O)CCCCC1. The molecule has 0 amide bonds. The highest BCUT2D eigenvalue weighted by Gasteiger charge is 2.28. The minimum Gasteiger partial charge on any atom is -0.496 e. The maximum absolute atomic E-state index is 10.4. The lowest BCUT2D eigenvalue weighted by Crippen LogP contribution is -2.41. The number of ether oxygens (including phenoxy) is 1. The highest BCUT2D eigenvalue weighted by molar-refractivity contribution is 9.10. The molecule has 1 aliphatic rings. The van der Waals surface area contributed by atoms with Crippen LogP contribution in [0.15, 0.2) is 22.7 Å². The molecule has 0 heterocycles. The molecule has 1 aliphatic carbocycles. The van der Waals surface area contributed by atoms with E-state index in [4.69, 9.17) is 4.74 Å². The van der Waals surface area contributed by atoms with Gasteiger partial charge in [0.2, 0.25) is 0 Å². The van der Waals surface area contributed by atoms with Gasteiger partial charge in [0.05, 0.1) is 12.7 Å². The van der Waals surface area contributed by atoms with Gasteiger partial charge in [0, 0.05) is 23.1 Å². The third-order valence-electron chi connectivity index (χ3n) is 3.80. The predicted octanol–water partition coefficient (Wildman–Crippen LogP) is 3.24. The van der Waals surface area contributed by atoms with Gasteiger partial charge in [0.1, 0.15) is 5.75 Å². The molecule has 1 aromatic carbocycles. The molecule has 0 atom stereocenters. The van der Waals surface area contributed by atoms with Crippen LogP contribution in [0.5, 0.6) is 5.75 Å². The first kappa shape index (κ1) is 14.8. The zero-order valence-electron chi connectivity index (χ0n) is 11.4. The fraction of sp³-hybridized carbons (Fsp3) is 0.600. The maximum atomic E-state index is 10.4. The first-order valence-electron chi connectivity index (χ1n) is 6.88. The summed E-state index contributed by atoms with van der Waals surface area (Å²) in [7, 11) is 1.68. The topological polar surface area (TPSA) is 41.5 Å². The van der Waals surface area contributed by atoms with Gasteiger partial charge in [-0.25, -0.2) is 0 Å². The molecule has 1 aromatic rings. The summed E-state index contributed by atoms with van der Waals surface area (Å²) in [5.74, 6) is 0.881. The standard InChI is InChI=1S/C15H22BrNO2/c1-19-14-6-5-13(16)9-12(14)10-17-11-15(18)7-3-2-4-8-15/h5-6,9,17-18H,2-4,7-8,10-11H2,1H3. The summed E-state index contributed by atoms with van der Waals surface area (Å²) in [4.78, 5) is 0. The molecule has 0 saturated heterocycles. The van der Waals surface area contributed by atoms with Crippen LogP contribution in [-0.4, -0.2) is 24.4 Å². The van der Waals surface area contributed by atoms with Gasteiger partial charge in [-0.15, -0.1) is 0 Å². The van der Waals surface area contributed by atoms with Crippen LogP contribution in [0.4, 0.5) is 0 Å². The number of halogens is 1. The third kappa shape index (κ3) is 4.20. The molecule has 2 N–H and O–H groups in total. The molecule has 2 rings (SSSR count). The molecule has 1 fully saturated rings. The van der Waals surface area contributed by atoms with E-state index in [1.807, 2.05) is 12.1 Å². The zero-order valence-corrected chi connectivity index (χ0v) is 13.0. The van der Waals surface area contributed by atoms with Gasteiger partial charge in [0.25, 0.3) is 0 Å². The molecule has 0 aromatic heterocycles. The van der Waals surface area contributed by atoms with E-state index < -0.39 is 5.60 Å². The Morgan fingerprint density at radius 1 is 1.32 bits per heavy atom. The van der Waals surface area contributed by atoms with Crippen molar-refractivity contribution in [3.63, 3.8) is 0 Å². The second-order valence-electron chi connectivity index (χ2n) is 5.34. The van der Waals surface area contributed by atoms with Crippen LogP contribution in [-0.2, 0) is 6.54 Å². The van der Waals surface area contributed by atoms with Gasteiger partial charge in [-0.3, -0.25) is 0 Å². The van der Waals surface area contributed by atoms with E-state index in [2.05, 4.69) is 27.3 Å². The van der Waals surface area contributed by atoms with Gasteiger partial charge in [-0.2, -0.15) is 0 Å². The number of rotatable bonds is 5. The van der Waals surface area contributed by atoms with Crippen molar-refractivity contribution in [3.8, 4) is 5.75 Å². The van der Waals surface area contributed by atoms with Gasteiger partial charge in [-0.1, -0.05) is 35.2 Å². The lowest BCUT2D eigenvalue weighted by atomic mass is 9.85. The van der Waals surface area contributed by atoms with E-state index in [1.165, 1.54) is 6.42 Å². The monoisotopic (exact) mass is 327 g/mol. The van der Waals surface area contributed by atoms with Gasteiger partial charge in [0.15, 0.2) is 0 Å². The average molecular weight is 328 g/mol. The normalized spacial score (nSPS) is 18.3. The van der Waals surface area contributed by atoms with Crippen LogP contribution in [0.1, 0.15) is 37.7 Å². The minimum absolute atomic E-state index is 0.516. The van der Waals surface area contributed by atoms with Gasteiger partial charge < -0.3 is 15.2 Å². The number of aliphatic hydroxyl groups is 1. The molecule has 3 nitrogen and oxygen atoms in total. The van der Waals surface area contributed by atoms with Crippen LogP contribution >= 0.6 is 15.9 Å². The van der Waals surface area contributed by atoms with Gasteiger partial charge in [-0.05, 0) is 31.0 Å². The molecule has 0 spiro atoms. The summed E-state index contributed by atoms with van der Waals surface area (Å²) in [5, 5.41) is 13.8. The number of nitrogens with one attached hydrogen (secondary N) is 1. The first-order valence-corrected chi connectivity index (χ1v) is 7.68. The highest BCUT2D eigenvalue weighted by atomic mass is 79.9. The summed E-state index contributed by atoms with van der Waals surface area (Å²) < 4.78 is 6.39. The first-order chi connectivity index (χ1) is 9.13. The van der Waals surface area contributed by atoms with E-state index in [0.717, 1.165) is 41.5 Å². The summed E-state index contributed by atoms with van der Waals surface area (Å²) in [6.45, 7) is 1.37. The zero-order chi connectivity index (χ0) is 13.7. The van der Waals surface area contributed by atoms with Gasteiger partial charge >= 0.3 is 0 Å². The Bertz CT molecular complexity index is 417. The fourth-order valence-electron chi connectivity index (χ4n) is 2.70. The lowest BCUT2D eigenvalue weighted by molar-refractivity contribution is 0.00464. The molecule has 0 unspecified atom stereocenters. The Morgan fingerprint density at radius 2 is 2.05 bits per heavy atom. The van der Waals surface area contributed by atoms with Crippen molar-refractivity contribution < 1.29 is 9.84 Å². The Balaban J connectivity index is 1.90. The summed E-state index contributed by atoms with van der Waals surface area (Å²) in [6.07, 6.45) is 5.35. The van der Waals surface area contributed by atoms with Crippen molar-refractivity contribution in [2.45, 2.75) is 44.2 Å². The quantitative estimate of drug-likeness (QED) is 0.872. The maximum Gasteiger partial charge on any atom is 0.123 e. The number of hydrogen-bond acceptors (Lipinski definition) is 3. The Labute approximate surface area is 123 Å². The highest BCUT2D eigenvalue weighted by Crippen LogP contribution is 2.28. The van der Waals surface area contributed by atoms with Crippen LogP contribution in [0, 0.1) is 0 Å². The average Bonchev–Trinajstić information content (AvgIpc) is 2.40. The van der Waals surface area contributed by atoms with Crippen molar-refractivity contribution in [2.24, 2.45) is 0 Å². The second kappa shape index (κ2) is 6.73. The van der Waals surface area contributed by atoms with Crippen molar-refractivity contribution in [2.75, 3.05) is 13.7 Å². The van der Waals surface area contributed by atoms with Crippen molar-refractivity contribution in [1.82, 2.24) is 5.32 Å². The number of hydrogen-bond donors (Lipinski definition) is 2. The van der Waals surface area contributed by atoms with E-state index in [1.54, 1.807) is 7.11 Å². The Morgan fingerprint density at radius 3 is 2.74 bits per heavy atom. The van der Waals surface area contributed by atoms with E-state index in [-0.39, 0.29) is 0 Å². The van der Waals surface area contributed by atoms with Crippen LogP contribution in [0.2, 0.25) is 0 Å². The van der Waals surface area contributed by atoms with E-state index in [9.17, 15) is 5.11 Å². The Hall–Kier alpha value is -0.580. The smallest absolute Gasteiger partial charge is 0.123 e. The molecule has 4 heteroatoms. The lowest BCUT2D eigenvalue weighted by Gasteiger charge is -2.32. The molecular formula is C15H22BrNO2. The molecule has 0 radical (unpaired) electrons. The molecule has 19 heavy (non-hydrogen) atoms. The second-order valence-corrected chi connectivity index (χ2v) is 6.26. The molecule has 0 bridgehead atoms. The van der Waals surface area contributed by atoms with Crippen molar-refractivity contribution in [1.29, 1.82) is 0 Å². The van der Waals surface area contributed by atoms with E-state index in [0.29, 0.717) is 13.1 Å². The molecule has 106 valence electrons. The van der Waals surface area contributed by atoms with Crippen LogP contribution < -0.4 is 10.1 Å². The molecule has 0 aliphatic heterocycles. The van der Waals surface area contributed by atoms with Crippen molar-refractivity contribution in [3.05, 3.63) is 28.2 Å². The third-order valence-corrected chi connectivity index (χ3v) is 4.29. The van der Waals surface area contributed by atoms with Crippen molar-refractivity contribution >= 4 is 15.9 Å². The number of benzene rings is 1. The Kier molecular flexibility index (Phi) is 5.25. The van der Waals surface area contributed by atoms with Crippen LogP contribution in [0.3, 0.4) is 0 Å². The summed E-state index contributed by atoms with van der Waals surface area (Å²) in [5.41, 5.74) is 0.591. The molecular weight excluding hydrogens is 306 g/mol. The van der Waals surface area contributed by atoms with Crippen LogP contribution in [0.25, 0.3) is 0 Å².